The molecule has 1 saturated heterocycles. The smallest absolute Gasteiger partial charge is 0.326 e. The number of likely N-dealkylation sites (tertiary alicyclic amines) is 1. The van der Waals surface area contributed by atoms with Crippen molar-refractivity contribution in [1.82, 2.24) is 15.5 Å². The second-order valence-electron chi connectivity index (χ2n) is 7.59. The number of carbonyl (C=O) groups excluding carboxylic acids is 4. The van der Waals surface area contributed by atoms with E-state index in [4.69, 9.17) is 11.5 Å². The number of nitrogens with two attached hydrogens (primary N) is 2. The minimum absolute atomic E-state index is 0.0555. The Bertz CT molecular complexity index is 653. The van der Waals surface area contributed by atoms with Crippen LogP contribution < -0.4 is 22.1 Å². The van der Waals surface area contributed by atoms with E-state index >= 15 is 0 Å². The number of aliphatic carboxylic acids is 1. The second-order valence-corrected chi connectivity index (χ2v) is 7.59. The first kappa shape index (κ1) is 24.3. The van der Waals surface area contributed by atoms with Crippen molar-refractivity contribution in [2.24, 2.45) is 17.4 Å². The van der Waals surface area contributed by atoms with Gasteiger partial charge < -0.3 is 32.1 Å². The Kier molecular flexibility index (Phi) is 9.02. The van der Waals surface area contributed by atoms with Crippen LogP contribution in [0.2, 0.25) is 0 Å². The first-order chi connectivity index (χ1) is 13.5. The summed E-state index contributed by atoms with van der Waals surface area (Å²) in [5.41, 5.74) is 10.9. The number of rotatable bonds is 10. The van der Waals surface area contributed by atoms with Gasteiger partial charge in [-0.25, -0.2) is 4.79 Å². The molecule has 164 valence electrons. The number of carboxylic acid groups (broad SMARTS) is 1. The number of hydrogen-bond acceptors (Lipinski definition) is 6. The summed E-state index contributed by atoms with van der Waals surface area (Å²) in [6, 6.07) is -3.88. The average molecular weight is 413 g/mol. The van der Waals surface area contributed by atoms with Crippen LogP contribution in [0.5, 0.6) is 0 Å². The Hall–Kier alpha value is -2.69. The standard InChI is InChI=1S/C18H31N5O6/c1-9(2)14(20)16(26)22-11(6-7-13(19)24)15(25)21-10(3)17(27)23-8-4-5-12(23)18(28)29/h9-12,14H,4-8,20H2,1-3H3,(H2,19,24)(H,21,25)(H,22,26)(H,28,29). The van der Waals surface area contributed by atoms with E-state index in [2.05, 4.69) is 10.6 Å². The number of hydrogen-bond donors (Lipinski definition) is 5. The summed E-state index contributed by atoms with van der Waals surface area (Å²) in [7, 11) is 0. The Morgan fingerprint density at radius 3 is 2.24 bits per heavy atom. The topological polar surface area (TPSA) is 185 Å². The highest BCUT2D eigenvalue weighted by Crippen LogP contribution is 2.18. The number of carbonyl (C=O) groups is 5. The van der Waals surface area contributed by atoms with Gasteiger partial charge in [0, 0.05) is 13.0 Å². The van der Waals surface area contributed by atoms with Crippen LogP contribution in [0.15, 0.2) is 0 Å². The van der Waals surface area contributed by atoms with Gasteiger partial charge in [-0.1, -0.05) is 13.8 Å². The van der Waals surface area contributed by atoms with E-state index < -0.39 is 53.8 Å². The largest absolute Gasteiger partial charge is 0.480 e. The molecule has 0 saturated carbocycles. The molecular formula is C18H31N5O6. The van der Waals surface area contributed by atoms with Gasteiger partial charge in [-0.05, 0) is 32.1 Å². The van der Waals surface area contributed by atoms with Crippen LogP contribution >= 0.6 is 0 Å². The minimum Gasteiger partial charge on any atom is -0.480 e. The zero-order valence-corrected chi connectivity index (χ0v) is 17.0. The Morgan fingerprint density at radius 1 is 1.10 bits per heavy atom. The number of nitrogens with one attached hydrogen (secondary N) is 2. The van der Waals surface area contributed by atoms with Gasteiger partial charge in [0.15, 0.2) is 0 Å². The molecule has 11 nitrogen and oxygen atoms in total. The van der Waals surface area contributed by atoms with Crippen molar-refractivity contribution in [2.45, 2.75) is 70.6 Å². The Morgan fingerprint density at radius 2 is 1.72 bits per heavy atom. The molecular weight excluding hydrogens is 382 g/mol. The summed E-state index contributed by atoms with van der Waals surface area (Å²) in [6.07, 6.45) is 0.713. The number of amides is 4. The molecule has 4 atom stereocenters. The van der Waals surface area contributed by atoms with Gasteiger partial charge in [-0.2, -0.15) is 0 Å². The molecule has 1 fully saturated rings. The highest BCUT2D eigenvalue weighted by Gasteiger charge is 2.37. The number of primary amides is 1. The van der Waals surface area contributed by atoms with Gasteiger partial charge in [0.2, 0.25) is 23.6 Å². The molecule has 7 N–H and O–H groups in total. The summed E-state index contributed by atoms with van der Waals surface area (Å²) in [5.74, 6) is -3.67. The quantitative estimate of drug-likeness (QED) is 0.282. The van der Waals surface area contributed by atoms with Crippen molar-refractivity contribution in [2.75, 3.05) is 6.54 Å². The molecule has 0 spiro atoms. The predicted molar refractivity (Wildman–Crippen MR) is 103 cm³/mol. The fraction of sp³-hybridized carbons (Fsp3) is 0.722. The van der Waals surface area contributed by atoms with Crippen LogP contribution in [0.4, 0.5) is 0 Å². The molecule has 0 aromatic carbocycles. The lowest BCUT2D eigenvalue weighted by Crippen LogP contribution is -2.57. The molecule has 4 unspecified atom stereocenters. The third-order valence-corrected chi connectivity index (χ3v) is 4.88. The third kappa shape index (κ3) is 7.00. The van der Waals surface area contributed by atoms with E-state index in [0.29, 0.717) is 19.4 Å². The lowest BCUT2D eigenvalue weighted by molar-refractivity contribution is -0.149. The fourth-order valence-electron chi connectivity index (χ4n) is 3.04. The van der Waals surface area contributed by atoms with Crippen molar-refractivity contribution < 1.29 is 29.1 Å². The zero-order valence-electron chi connectivity index (χ0n) is 17.0. The summed E-state index contributed by atoms with van der Waals surface area (Å²) in [5, 5.41) is 14.2. The minimum atomic E-state index is -1.11. The molecule has 1 heterocycles. The molecule has 0 aliphatic carbocycles. The normalized spacial score (nSPS) is 19.3. The van der Waals surface area contributed by atoms with E-state index in [1.54, 1.807) is 13.8 Å². The summed E-state index contributed by atoms with van der Waals surface area (Å²) < 4.78 is 0. The summed E-state index contributed by atoms with van der Waals surface area (Å²) in [4.78, 5) is 61.0. The Balaban J connectivity index is 2.81. The van der Waals surface area contributed by atoms with Crippen LogP contribution in [0.25, 0.3) is 0 Å². The van der Waals surface area contributed by atoms with Gasteiger partial charge in [0.1, 0.15) is 18.1 Å². The van der Waals surface area contributed by atoms with Gasteiger partial charge >= 0.3 is 5.97 Å². The number of carboxylic acids is 1. The van der Waals surface area contributed by atoms with Crippen LogP contribution in [0.3, 0.4) is 0 Å². The summed E-state index contributed by atoms with van der Waals surface area (Å²) in [6.45, 7) is 5.22. The Labute approximate surface area is 169 Å². The fourth-order valence-corrected chi connectivity index (χ4v) is 3.04. The average Bonchev–Trinajstić information content (AvgIpc) is 3.13. The van der Waals surface area contributed by atoms with Crippen LogP contribution in [-0.4, -0.2) is 70.3 Å². The molecule has 0 aromatic heterocycles. The van der Waals surface area contributed by atoms with Gasteiger partial charge in [0.25, 0.3) is 0 Å². The van der Waals surface area contributed by atoms with E-state index in [9.17, 15) is 29.1 Å². The van der Waals surface area contributed by atoms with Gasteiger partial charge in [-0.15, -0.1) is 0 Å². The zero-order chi connectivity index (χ0) is 22.3. The number of nitrogens with zero attached hydrogens (tertiary/aromatic N) is 1. The van der Waals surface area contributed by atoms with E-state index in [1.165, 1.54) is 11.8 Å². The molecule has 4 amide bonds. The molecule has 0 aromatic rings. The SMILES string of the molecule is CC(NC(=O)C(CCC(N)=O)NC(=O)C(N)C(C)C)C(=O)N1CCCC1C(=O)O. The van der Waals surface area contributed by atoms with Crippen LogP contribution in [0, 0.1) is 5.92 Å². The van der Waals surface area contributed by atoms with E-state index in [1.807, 2.05) is 0 Å². The molecule has 1 rings (SSSR count). The molecule has 11 heteroatoms. The molecule has 1 aliphatic heterocycles. The molecule has 1 aliphatic rings. The van der Waals surface area contributed by atoms with Gasteiger partial charge in [0.05, 0.1) is 6.04 Å². The lowest BCUT2D eigenvalue weighted by atomic mass is 10.0. The maximum absolute atomic E-state index is 12.6. The highest BCUT2D eigenvalue weighted by molar-refractivity contribution is 5.94. The maximum atomic E-state index is 12.6. The van der Waals surface area contributed by atoms with E-state index in [0.717, 1.165) is 0 Å². The molecule has 0 bridgehead atoms. The maximum Gasteiger partial charge on any atom is 0.326 e. The van der Waals surface area contributed by atoms with Crippen LogP contribution in [0.1, 0.15) is 46.5 Å². The monoisotopic (exact) mass is 413 g/mol. The highest BCUT2D eigenvalue weighted by atomic mass is 16.4. The van der Waals surface area contributed by atoms with Crippen molar-refractivity contribution >= 4 is 29.6 Å². The van der Waals surface area contributed by atoms with E-state index in [-0.39, 0.29) is 18.8 Å². The molecule has 29 heavy (non-hydrogen) atoms. The first-order valence-corrected chi connectivity index (χ1v) is 9.63. The first-order valence-electron chi connectivity index (χ1n) is 9.63. The van der Waals surface area contributed by atoms with Gasteiger partial charge in [-0.3, -0.25) is 19.2 Å². The summed E-state index contributed by atoms with van der Waals surface area (Å²) >= 11 is 0. The van der Waals surface area contributed by atoms with Crippen molar-refractivity contribution in [3.63, 3.8) is 0 Å². The van der Waals surface area contributed by atoms with Crippen molar-refractivity contribution in [3.8, 4) is 0 Å². The third-order valence-electron chi connectivity index (χ3n) is 4.88. The van der Waals surface area contributed by atoms with Crippen LogP contribution in [-0.2, 0) is 24.0 Å². The van der Waals surface area contributed by atoms with Crippen molar-refractivity contribution in [3.05, 3.63) is 0 Å². The molecule has 0 radical (unpaired) electrons. The lowest BCUT2D eigenvalue weighted by Gasteiger charge is -2.27. The second kappa shape index (κ2) is 10.7. The van der Waals surface area contributed by atoms with Crippen molar-refractivity contribution in [1.29, 1.82) is 0 Å². The predicted octanol–water partition coefficient (Wildman–Crippen LogP) is -1.70.